The molecule has 2 nitrogen and oxygen atoms in total. The highest BCUT2D eigenvalue weighted by atomic mass is 19.4. The Hall–Kier alpha value is -1.99. The fraction of sp³-hybridized carbons (Fsp3) is 0.571. The summed E-state index contributed by atoms with van der Waals surface area (Å²) in [5.74, 6) is 0. The predicted octanol–water partition coefficient (Wildman–Crippen LogP) is 5.53. The third-order valence-corrected chi connectivity index (χ3v) is 5.57. The molecule has 0 saturated heterocycles. The Labute approximate surface area is 166 Å². The van der Waals surface area contributed by atoms with Crippen molar-refractivity contribution in [3.8, 4) is 0 Å². The number of aromatic nitrogens is 1. The zero-order valence-corrected chi connectivity index (χ0v) is 16.5. The summed E-state index contributed by atoms with van der Waals surface area (Å²) in [7, 11) is 0. The van der Waals surface area contributed by atoms with E-state index in [0.717, 1.165) is 22.3 Å². The first-order valence-electron chi connectivity index (χ1n) is 9.71. The van der Waals surface area contributed by atoms with Crippen molar-refractivity contribution in [3.63, 3.8) is 0 Å². The fourth-order valence-corrected chi connectivity index (χ4v) is 4.03. The third kappa shape index (κ3) is 5.14. The molecule has 2 aliphatic rings. The molecule has 3 rings (SSSR count). The molecule has 0 atom stereocenters. The Morgan fingerprint density at radius 3 is 2.34 bits per heavy atom. The molecule has 0 bridgehead atoms. The van der Waals surface area contributed by atoms with Gasteiger partial charge in [-0.25, -0.2) is 4.57 Å². The lowest BCUT2D eigenvalue weighted by molar-refractivity contribution is -0.698. The minimum absolute atomic E-state index is 0.0196. The number of allylic oxidation sites excluding steroid dienone is 2. The molecule has 0 N–H and O–H groups in total. The monoisotopic (exact) mass is 419 g/mol. The van der Waals surface area contributed by atoms with Crippen molar-refractivity contribution in [2.45, 2.75) is 63.8 Å². The Morgan fingerprint density at radius 2 is 1.69 bits per heavy atom. The average Bonchev–Trinajstić information content (AvgIpc) is 2.80. The van der Waals surface area contributed by atoms with E-state index in [2.05, 4.69) is 0 Å². The summed E-state index contributed by atoms with van der Waals surface area (Å²) in [6, 6.07) is 1.93. The quantitative estimate of drug-likeness (QED) is 0.434. The molecular formula is C21H25F6N2+. The van der Waals surface area contributed by atoms with E-state index in [4.69, 9.17) is 0 Å². The van der Waals surface area contributed by atoms with Crippen LogP contribution in [0.3, 0.4) is 0 Å². The van der Waals surface area contributed by atoms with Gasteiger partial charge in [0.1, 0.15) is 6.54 Å². The number of hydrogen-bond donors (Lipinski definition) is 0. The van der Waals surface area contributed by atoms with Crippen molar-refractivity contribution in [1.82, 2.24) is 4.90 Å². The summed E-state index contributed by atoms with van der Waals surface area (Å²) >= 11 is 0. The summed E-state index contributed by atoms with van der Waals surface area (Å²) in [5, 5.41) is 0. The summed E-state index contributed by atoms with van der Waals surface area (Å²) in [6.07, 6.45) is -2.18. The minimum Gasteiger partial charge on any atom is -0.373 e. The van der Waals surface area contributed by atoms with Crippen molar-refractivity contribution < 1.29 is 30.9 Å². The molecule has 0 aromatic carbocycles. The first-order valence-corrected chi connectivity index (χ1v) is 9.71. The van der Waals surface area contributed by atoms with Gasteiger partial charge in [-0.05, 0) is 23.1 Å². The second-order valence-electron chi connectivity index (χ2n) is 8.23. The predicted molar refractivity (Wildman–Crippen MR) is 97.9 cm³/mol. The molecule has 0 spiro atoms. The van der Waals surface area contributed by atoms with Gasteiger partial charge in [-0.3, -0.25) is 0 Å². The third-order valence-electron chi connectivity index (χ3n) is 5.57. The summed E-state index contributed by atoms with van der Waals surface area (Å²) in [6.45, 7) is 5.24. The first kappa shape index (κ1) is 21.7. The van der Waals surface area contributed by atoms with Crippen LogP contribution in [0.4, 0.5) is 26.3 Å². The van der Waals surface area contributed by atoms with Crippen molar-refractivity contribution >= 4 is 5.57 Å². The van der Waals surface area contributed by atoms with Crippen LogP contribution in [0.1, 0.15) is 50.7 Å². The van der Waals surface area contributed by atoms with Crippen LogP contribution in [-0.4, -0.2) is 30.3 Å². The summed E-state index contributed by atoms with van der Waals surface area (Å²) in [4.78, 5) is 1.90. The molecule has 0 saturated carbocycles. The van der Waals surface area contributed by atoms with E-state index in [1.54, 1.807) is 10.8 Å². The molecule has 0 amide bonds. The van der Waals surface area contributed by atoms with Gasteiger partial charge in [-0.15, -0.1) is 0 Å². The van der Waals surface area contributed by atoms with Crippen LogP contribution >= 0.6 is 0 Å². The number of alkyl halides is 6. The second kappa shape index (κ2) is 7.69. The number of rotatable bonds is 6. The molecule has 8 heteroatoms. The molecule has 160 valence electrons. The van der Waals surface area contributed by atoms with Crippen molar-refractivity contribution in [2.75, 3.05) is 13.1 Å². The Balaban J connectivity index is 1.74. The maximum Gasteiger partial charge on any atom is 0.389 e. The van der Waals surface area contributed by atoms with Crippen molar-refractivity contribution in [3.05, 3.63) is 47.4 Å². The maximum atomic E-state index is 12.4. The Morgan fingerprint density at radius 1 is 1.03 bits per heavy atom. The van der Waals surface area contributed by atoms with E-state index in [0.29, 0.717) is 13.1 Å². The standard InChI is InChI=1S/C21H25F6N2/c1-19(2)17-13-28(9-3-7-20(22,23)24)11-5-15(17)16-6-12-29(14-18(16)19)10-4-8-21(25,26)27/h5-6,11,13-14H,3-4,7-10,12H2,1-2H3/q+1. The van der Waals surface area contributed by atoms with Crippen molar-refractivity contribution in [2.24, 2.45) is 0 Å². The lowest BCUT2D eigenvalue weighted by atomic mass is 9.82. The number of fused-ring (bicyclic) bond motifs is 3. The average molecular weight is 419 g/mol. The molecule has 1 aliphatic carbocycles. The van der Waals surface area contributed by atoms with Gasteiger partial charge < -0.3 is 4.90 Å². The van der Waals surface area contributed by atoms with Crippen LogP contribution in [0.25, 0.3) is 5.57 Å². The van der Waals surface area contributed by atoms with Gasteiger partial charge in [0.25, 0.3) is 0 Å². The largest absolute Gasteiger partial charge is 0.389 e. The van der Waals surface area contributed by atoms with Crippen LogP contribution < -0.4 is 4.57 Å². The molecule has 1 aromatic heterocycles. The Bertz CT molecular complexity index is 817. The van der Waals surface area contributed by atoms with E-state index in [-0.39, 0.29) is 24.8 Å². The molecule has 0 radical (unpaired) electrons. The molecular weight excluding hydrogens is 394 g/mol. The highest BCUT2D eigenvalue weighted by Crippen LogP contribution is 2.50. The zero-order chi connectivity index (χ0) is 21.4. The van der Waals surface area contributed by atoms with Gasteiger partial charge in [0.05, 0.1) is 0 Å². The van der Waals surface area contributed by atoms with Crippen LogP contribution in [0.2, 0.25) is 0 Å². The molecule has 0 fully saturated rings. The number of pyridine rings is 1. The van der Waals surface area contributed by atoms with Gasteiger partial charge in [0.2, 0.25) is 0 Å². The van der Waals surface area contributed by atoms with Crippen LogP contribution in [0, 0.1) is 0 Å². The van der Waals surface area contributed by atoms with E-state index in [1.165, 1.54) is 0 Å². The minimum atomic E-state index is -4.16. The molecule has 1 aliphatic heterocycles. The number of hydrogen-bond acceptors (Lipinski definition) is 1. The van der Waals surface area contributed by atoms with Crippen molar-refractivity contribution in [1.29, 1.82) is 0 Å². The first-order chi connectivity index (χ1) is 13.4. The van der Waals surface area contributed by atoms with Gasteiger partial charge in [-0.2, -0.15) is 26.3 Å². The normalized spacial score (nSPS) is 18.3. The van der Waals surface area contributed by atoms with Gasteiger partial charge in [0, 0.05) is 55.6 Å². The maximum absolute atomic E-state index is 12.4. The number of aryl methyl sites for hydroxylation is 1. The molecule has 2 heterocycles. The van der Waals surface area contributed by atoms with Gasteiger partial charge in [0.15, 0.2) is 12.4 Å². The smallest absolute Gasteiger partial charge is 0.373 e. The fourth-order valence-electron chi connectivity index (χ4n) is 4.03. The number of halogens is 6. The highest BCUT2D eigenvalue weighted by molar-refractivity contribution is 5.89. The molecule has 1 aromatic rings. The molecule has 0 unspecified atom stereocenters. The van der Waals surface area contributed by atoms with Crippen LogP contribution in [0.15, 0.2) is 36.3 Å². The lowest BCUT2D eigenvalue weighted by Gasteiger charge is -2.29. The van der Waals surface area contributed by atoms with Gasteiger partial charge in [-0.1, -0.05) is 19.9 Å². The lowest BCUT2D eigenvalue weighted by Crippen LogP contribution is -2.35. The topological polar surface area (TPSA) is 7.12 Å². The Kier molecular flexibility index (Phi) is 5.75. The second-order valence-corrected chi connectivity index (χ2v) is 8.23. The summed E-state index contributed by atoms with van der Waals surface area (Å²) in [5.41, 5.74) is 3.82. The van der Waals surface area contributed by atoms with Crippen LogP contribution in [-0.2, 0) is 12.0 Å². The van der Waals surface area contributed by atoms with E-state index in [9.17, 15) is 26.3 Å². The number of nitrogens with zero attached hydrogens (tertiary/aromatic N) is 2. The van der Waals surface area contributed by atoms with Gasteiger partial charge >= 0.3 is 12.4 Å². The SMILES string of the molecule is CC1(C)C2=CN(CCCC(F)(F)F)CC=C2c2cc[n+](CCCC(F)(F)F)cc21. The summed E-state index contributed by atoms with van der Waals surface area (Å²) < 4.78 is 76.2. The highest BCUT2D eigenvalue weighted by Gasteiger charge is 2.41. The van der Waals surface area contributed by atoms with Crippen LogP contribution in [0.5, 0.6) is 0 Å². The van der Waals surface area contributed by atoms with E-state index >= 15 is 0 Å². The van der Waals surface area contributed by atoms with E-state index in [1.807, 2.05) is 43.3 Å². The zero-order valence-electron chi connectivity index (χ0n) is 16.5. The van der Waals surface area contributed by atoms with E-state index < -0.39 is 25.2 Å². The molecule has 29 heavy (non-hydrogen) atoms.